The van der Waals surface area contributed by atoms with Gasteiger partial charge in [-0.15, -0.1) is 5.11 Å². The number of hydrogen-bond donors (Lipinski definition) is 0. The summed E-state index contributed by atoms with van der Waals surface area (Å²) in [6, 6.07) is 10.2. The van der Waals surface area contributed by atoms with Gasteiger partial charge >= 0.3 is 5.88 Å². The van der Waals surface area contributed by atoms with Crippen molar-refractivity contribution < 1.29 is 9.20 Å². The fourth-order valence-electron chi connectivity index (χ4n) is 1.74. The van der Waals surface area contributed by atoms with Gasteiger partial charge in [-0.25, -0.2) is 5.28 Å². The van der Waals surface area contributed by atoms with Gasteiger partial charge in [0.05, 0.1) is 0 Å². The quantitative estimate of drug-likeness (QED) is 0.462. The van der Waals surface area contributed by atoms with E-state index in [1.807, 2.05) is 18.2 Å². The van der Waals surface area contributed by atoms with Gasteiger partial charge in [-0.1, -0.05) is 30.3 Å². The monoisotopic (exact) mass is 246 g/mol. The summed E-state index contributed by atoms with van der Waals surface area (Å²) < 4.78 is 6.58. The molecule has 0 bridgehead atoms. The Labute approximate surface area is 105 Å². The minimum atomic E-state index is 0.171. The molecule has 0 saturated heterocycles. The van der Waals surface area contributed by atoms with Crippen molar-refractivity contribution in [3.8, 4) is 0 Å². The Morgan fingerprint density at radius 2 is 2.11 bits per heavy atom. The Bertz CT molecular complexity index is 522. The summed E-state index contributed by atoms with van der Waals surface area (Å²) in [5, 5.41) is 19.6. The molecule has 0 fully saturated rings. The Kier molecular flexibility index (Phi) is 4.01. The second kappa shape index (κ2) is 5.90. The van der Waals surface area contributed by atoms with Crippen molar-refractivity contribution in [1.82, 2.24) is 5.27 Å². The first-order valence-corrected chi connectivity index (χ1v) is 5.75. The summed E-state index contributed by atoms with van der Waals surface area (Å²) in [6.07, 6.45) is 1.91. The smallest absolute Gasteiger partial charge is 0.342 e. The zero-order valence-electron chi connectivity index (χ0n) is 10.1. The molecule has 6 heteroatoms. The Balaban J connectivity index is 1.91. The lowest BCUT2D eigenvalue weighted by Gasteiger charge is -1.96. The van der Waals surface area contributed by atoms with Gasteiger partial charge in [0.25, 0.3) is 5.69 Å². The first-order chi connectivity index (χ1) is 8.81. The molecule has 0 saturated carbocycles. The molecule has 2 aromatic rings. The van der Waals surface area contributed by atoms with E-state index in [4.69, 9.17) is 4.52 Å². The second-order valence-corrected chi connectivity index (χ2v) is 3.96. The van der Waals surface area contributed by atoms with Crippen molar-refractivity contribution in [2.75, 3.05) is 0 Å². The van der Waals surface area contributed by atoms with Crippen molar-refractivity contribution in [3.63, 3.8) is 0 Å². The van der Waals surface area contributed by atoms with E-state index in [0.29, 0.717) is 5.69 Å². The average molecular weight is 246 g/mol. The predicted octanol–water partition coefficient (Wildman–Crippen LogP) is 2.48. The fraction of sp³-hybridized carbons (Fsp3) is 0.333. The highest BCUT2D eigenvalue weighted by atomic mass is 16.5. The molecule has 94 valence electrons. The van der Waals surface area contributed by atoms with Crippen molar-refractivity contribution in [3.05, 3.63) is 46.8 Å². The van der Waals surface area contributed by atoms with E-state index in [1.165, 1.54) is 5.56 Å². The van der Waals surface area contributed by atoms with E-state index in [2.05, 4.69) is 27.8 Å². The molecule has 1 heterocycles. The zero-order valence-corrected chi connectivity index (χ0v) is 10.1. The van der Waals surface area contributed by atoms with Gasteiger partial charge in [0.2, 0.25) is 5.27 Å². The number of nitrogens with zero attached hydrogens (tertiary/aromatic N) is 4. The minimum absolute atomic E-state index is 0.171. The van der Waals surface area contributed by atoms with Crippen molar-refractivity contribution in [2.24, 2.45) is 10.4 Å². The summed E-state index contributed by atoms with van der Waals surface area (Å²) in [4.78, 5) is 0. The molecule has 6 nitrogen and oxygen atoms in total. The first kappa shape index (κ1) is 12.2. The maximum Gasteiger partial charge on any atom is 0.342 e. The van der Waals surface area contributed by atoms with E-state index >= 15 is 0 Å². The van der Waals surface area contributed by atoms with E-state index in [1.54, 1.807) is 11.6 Å². The molecule has 0 spiro atoms. The van der Waals surface area contributed by atoms with E-state index in [9.17, 15) is 5.21 Å². The van der Waals surface area contributed by atoms with Gasteiger partial charge in [0, 0.05) is 13.3 Å². The lowest BCUT2D eigenvalue weighted by Crippen LogP contribution is -2.38. The predicted molar refractivity (Wildman–Crippen MR) is 64.1 cm³/mol. The normalized spacial score (nSPS) is 11.2. The van der Waals surface area contributed by atoms with Crippen LogP contribution in [0.5, 0.6) is 0 Å². The van der Waals surface area contributed by atoms with E-state index < -0.39 is 0 Å². The van der Waals surface area contributed by atoms with Crippen LogP contribution in [-0.2, 0) is 13.0 Å². The molecule has 0 aliphatic heterocycles. The third-order valence-electron chi connectivity index (χ3n) is 2.73. The SMILES string of the molecule is Cc1c(/N=N/[O-])on[n+]1CCCc1ccccc1. The van der Waals surface area contributed by atoms with Crippen LogP contribution in [-0.4, -0.2) is 5.27 Å². The maximum atomic E-state index is 10.0. The third kappa shape index (κ3) is 2.91. The van der Waals surface area contributed by atoms with Crippen LogP contribution in [0.3, 0.4) is 0 Å². The Morgan fingerprint density at radius 1 is 1.33 bits per heavy atom. The summed E-state index contributed by atoms with van der Waals surface area (Å²) in [7, 11) is 0. The summed E-state index contributed by atoms with van der Waals surface area (Å²) in [5.41, 5.74) is 2.00. The van der Waals surface area contributed by atoms with Crippen LogP contribution in [0, 0.1) is 12.1 Å². The first-order valence-electron chi connectivity index (χ1n) is 5.75. The Hall–Kier alpha value is -2.24. The highest BCUT2D eigenvalue weighted by Crippen LogP contribution is 2.13. The molecule has 0 aliphatic rings. The molecule has 1 aromatic carbocycles. The minimum Gasteiger partial charge on any atom is -0.775 e. The number of aromatic nitrogens is 2. The van der Waals surface area contributed by atoms with Gasteiger partial charge in [-0.3, -0.25) is 4.52 Å². The summed E-state index contributed by atoms with van der Waals surface area (Å²) in [6.45, 7) is 2.52. The number of hydrogen-bond acceptors (Lipinski definition) is 5. The number of aryl methyl sites for hydroxylation is 2. The maximum absolute atomic E-state index is 10.0. The average Bonchev–Trinajstić information content (AvgIpc) is 2.73. The van der Waals surface area contributed by atoms with Crippen molar-refractivity contribution in [1.29, 1.82) is 0 Å². The van der Waals surface area contributed by atoms with Crippen molar-refractivity contribution in [2.45, 2.75) is 26.3 Å². The number of rotatable bonds is 5. The standard InChI is InChI=1S/C12H14N4O2/c1-10-12(13-14-17)18-15-16(10)9-5-8-11-6-3-2-4-7-11/h2-4,6-7H,5,8-9H2,1H3. The third-order valence-corrected chi connectivity index (χ3v) is 2.73. The molecule has 0 amide bonds. The molecular formula is C12H14N4O2. The molecular weight excluding hydrogens is 232 g/mol. The topological polar surface area (TPSA) is 77.7 Å². The highest BCUT2D eigenvalue weighted by molar-refractivity contribution is 5.21. The highest BCUT2D eigenvalue weighted by Gasteiger charge is 2.18. The Morgan fingerprint density at radius 3 is 2.83 bits per heavy atom. The lowest BCUT2D eigenvalue weighted by atomic mass is 10.1. The fourth-order valence-corrected chi connectivity index (χ4v) is 1.74. The zero-order chi connectivity index (χ0) is 12.8. The van der Waals surface area contributed by atoms with Crippen LogP contribution in [0.1, 0.15) is 17.7 Å². The van der Waals surface area contributed by atoms with Crippen molar-refractivity contribution >= 4 is 5.88 Å². The number of benzene rings is 1. The largest absolute Gasteiger partial charge is 0.775 e. The van der Waals surface area contributed by atoms with Crippen LogP contribution in [0.4, 0.5) is 5.88 Å². The summed E-state index contributed by atoms with van der Waals surface area (Å²) in [5.74, 6) is 0.171. The lowest BCUT2D eigenvalue weighted by molar-refractivity contribution is -0.767. The van der Waals surface area contributed by atoms with Gasteiger partial charge in [0.15, 0.2) is 6.54 Å². The van der Waals surface area contributed by atoms with Crippen LogP contribution in [0.25, 0.3) is 0 Å². The van der Waals surface area contributed by atoms with Crippen LogP contribution in [0.2, 0.25) is 0 Å². The summed E-state index contributed by atoms with van der Waals surface area (Å²) >= 11 is 0. The van der Waals surface area contributed by atoms with E-state index in [0.717, 1.165) is 19.4 Å². The van der Waals surface area contributed by atoms with Gasteiger partial charge in [-0.2, -0.15) is 0 Å². The molecule has 2 rings (SSSR count). The second-order valence-electron chi connectivity index (χ2n) is 3.96. The van der Waals surface area contributed by atoms with E-state index in [-0.39, 0.29) is 5.88 Å². The molecule has 0 radical (unpaired) electrons. The molecule has 0 N–H and O–H groups in total. The molecule has 18 heavy (non-hydrogen) atoms. The van der Waals surface area contributed by atoms with Gasteiger partial charge < -0.3 is 5.21 Å². The van der Waals surface area contributed by atoms with Crippen LogP contribution in [0.15, 0.2) is 45.2 Å². The molecule has 0 atom stereocenters. The molecule has 1 aromatic heterocycles. The molecule has 0 aliphatic carbocycles. The van der Waals surface area contributed by atoms with Gasteiger partial charge in [0.1, 0.15) is 0 Å². The van der Waals surface area contributed by atoms with Gasteiger partial charge in [-0.05, 0) is 16.7 Å². The molecule has 0 unspecified atom stereocenters. The van der Waals surface area contributed by atoms with Crippen LogP contribution < -0.4 is 4.68 Å². The van der Waals surface area contributed by atoms with Crippen LogP contribution >= 0.6 is 0 Å².